The van der Waals surface area contributed by atoms with Gasteiger partial charge in [-0.05, 0) is 41.2 Å². The quantitative estimate of drug-likeness (QED) is 0.594. The van der Waals surface area contributed by atoms with Crippen LogP contribution >= 0.6 is 23.2 Å². The first-order valence-electron chi connectivity index (χ1n) is 10.2. The van der Waals surface area contributed by atoms with Crippen LogP contribution in [-0.4, -0.2) is 30.6 Å². The molecule has 2 aliphatic rings. The van der Waals surface area contributed by atoms with Gasteiger partial charge >= 0.3 is 0 Å². The molecular formula is C23H23Cl2F2N3O2. The Morgan fingerprint density at radius 1 is 1.25 bits per heavy atom. The van der Waals surface area contributed by atoms with E-state index in [-0.39, 0.29) is 17.0 Å². The summed E-state index contributed by atoms with van der Waals surface area (Å²) in [6, 6.07) is 7.56. The zero-order chi connectivity index (χ0) is 23.4. The van der Waals surface area contributed by atoms with Crippen molar-refractivity contribution < 1.29 is 18.4 Å². The van der Waals surface area contributed by atoms with Gasteiger partial charge in [0.15, 0.2) is 0 Å². The smallest absolute Gasteiger partial charge is 0.237 e. The van der Waals surface area contributed by atoms with E-state index >= 15 is 4.39 Å². The molecule has 4 rings (SSSR count). The van der Waals surface area contributed by atoms with Crippen molar-refractivity contribution in [3.05, 3.63) is 63.4 Å². The fraction of sp³-hybridized carbons (Fsp3) is 0.391. The van der Waals surface area contributed by atoms with Crippen molar-refractivity contribution in [2.45, 2.75) is 43.7 Å². The molecule has 0 aromatic heterocycles. The highest BCUT2D eigenvalue weighted by atomic mass is 35.5. The van der Waals surface area contributed by atoms with E-state index in [0.717, 1.165) is 0 Å². The minimum Gasteiger partial charge on any atom is -0.368 e. The van der Waals surface area contributed by atoms with Crippen LogP contribution in [0.1, 0.15) is 37.3 Å². The predicted octanol–water partition coefficient (Wildman–Crippen LogP) is 4.32. The molecule has 2 aromatic carbocycles. The Hall–Kier alpha value is -2.22. The zero-order valence-corrected chi connectivity index (χ0v) is 19.0. The van der Waals surface area contributed by atoms with Gasteiger partial charge in [0.2, 0.25) is 11.8 Å². The second kappa shape index (κ2) is 7.97. The van der Waals surface area contributed by atoms with Gasteiger partial charge in [0, 0.05) is 22.7 Å². The van der Waals surface area contributed by atoms with Gasteiger partial charge in [-0.15, -0.1) is 0 Å². The lowest BCUT2D eigenvalue weighted by atomic mass is 9.62. The number of amides is 2. The van der Waals surface area contributed by atoms with Gasteiger partial charge in [0.05, 0.1) is 17.7 Å². The van der Waals surface area contributed by atoms with Crippen LogP contribution in [0, 0.1) is 11.2 Å². The van der Waals surface area contributed by atoms with E-state index in [1.54, 1.807) is 38.1 Å². The topological polar surface area (TPSA) is 84.2 Å². The van der Waals surface area contributed by atoms with Gasteiger partial charge in [-0.1, -0.05) is 55.2 Å². The molecule has 0 unspecified atom stereocenters. The lowest BCUT2D eigenvalue weighted by molar-refractivity contribution is -0.122. The third kappa shape index (κ3) is 3.38. The molecule has 1 saturated heterocycles. The second-order valence-electron chi connectivity index (χ2n) is 9.24. The maximum atomic E-state index is 15.3. The monoisotopic (exact) mass is 481 g/mol. The number of hydrogen-bond donors (Lipinski definition) is 3. The van der Waals surface area contributed by atoms with Gasteiger partial charge in [0.1, 0.15) is 11.2 Å². The third-order valence-electron chi connectivity index (χ3n) is 6.55. The number of carbonyl (C=O) groups is 2. The number of hydrogen-bond acceptors (Lipinski definition) is 3. The first-order valence-corrected chi connectivity index (χ1v) is 10.9. The van der Waals surface area contributed by atoms with Gasteiger partial charge in [-0.2, -0.15) is 0 Å². The van der Waals surface area contributed by atoms with Gasteiger partial charge in [-0.3, -0.25) is 14.0 Å². The normalized spacial score (nSPS) is 26.9. The molecule has 0 aliphatic carbocycles. The number of halogens is 4. The van der Waals surface area contributed by atoms with E-state index in [2.05, 4.69) is 10.6 Å². The number of primary amides is 1. The number of fused-ring (bicyclic) bond motifs is 2. The van der Waals surface area contributed by atoms with Crippen LogP contribution in [0.2, 0.25) is 10.0 Å². The van der Waals surface area contributed by atoms with Crippen LogP contribution in [-0.2, 0) is 15.0 Å². The first-order chi connectivity index (χ1) is 15.0. The molecule has 4 N–H and O–H groups in total. The zero-order valence-electron chi connectivity index (χ0n) is 17.5. The number of nitrogens with two attached hydrogens (primary N) is 1. The standard InChI is InChI=1S/C23H23Cl2F2N3O2/c1-22(2,10-26)9-16-23(13-7-6-11(24)8-15(13)29-21(23)32)17(19(30-16)20(28)31)12-4-3-5-14(25)18(12)27/h3-8,16-17,19,30H,9-10H2,1-2H3,(H2,28,31)(H,29,32)/t16-,17-,19+,23+/m0/s1. The maximum absolute atomic E-state index is 15.3. The lowest BCUT2D eigenvalue weighted by Gasteiger charge is -2.38. The summed E-state index contributed by atoms with van der Waals surface area (Å²) in [5.74, 6) is -2.92. The Labute approximate surface area is 194 Å². The molecule has 2 aromatic rings. The summed E-state index contributed by atoms with van der Waals surface area (Å²) in [4.78, 5) is 26.3. The number of rotatable bonds is 5. The molecule has 1 spiro atoms. The summed E-state index contributed by atoms with van der Waals surface area (Å²) in [5, 5.41) is 6.25. The average Bonchev–Trinajstić information content (AvgIpc) is 3.20. The second-order valence-corrected chi connectivity index (χ2v) is 10.1. The van der Waals surface area contributed by atoms with Crippen molar-refractivity contribution >= 4 is 40.7 Å². The SMILES string of the molecule is CC(C)(CF)C[C@@H]1N[C@@H](C(N)=O)[C@H](c2cccc(Cl)c2F)[C@]12C(=O)Nc1cc(Cl)ccc12. The fourth-order valence-corrected chi connectivity index (χ4v) is 5.52. The number of carbonyl (C=O) groups excluding carboxylic acids is 2. The highest BCUT2D eigenvalue weighted by Crippen LogP contribution is 2.57. The fourth-order valence-electron chi connectivity index (χ4n) is 5.17. The van der Waals surface area contributed by atoms with E-state index in [0.29, 0.717) is 16.3 Å². The number of benzene rings is 2. The number of anilines is 1. The van der Waals surface area contributed by atoms with Crippen molar-refractivity contribution in [2.24, 2.45) is 11.1 Å². The van der Waals surface area contributed by atoms with E-state index in [9.17, 15) is 14.0 Å². The minimum atomic E-state index is -1.43. The van der Waals surface area contributed by atoms with E-state index in [4.69, 9.17) is 28.9 Å². The van der Waals surface area contributed by atoms with Gasteiger partial charge in [0.25, 0.3) is 0 Å². The van der Waals surface area contributed by atoms with Crippen LogP contribution in [0.3, 0.4) is 0 Å². The largest absolute Gasteiger partial charge is 0.368 e. The molecule has 0 bridgehead atoms. The van der Waals surface area contributed by atoms with Crippen LogP contribution < -0.4 is 16.4 Å². The number of nitrogens with one attached hydrogen (secondary N) is 2. The molecule has 2 amide bonds. The Kier molecular flexibility index (Phi) is 5.72. The third-order valence-corrected chi connectivity index (χ3v) is 7.07. The highest BCUT2D eigenvalue weighted by Gasteiger charge is 2.66. The Bertz CT molecular complexity index is 1110. The van der Waals surface area contributed by atoms with Crippen molar-refractivity contribution in [2.75, 3.05) is 12.0 Å². The molecule has 1 fully saturated rings. The van der Waals surface area contributed by atoms with E-state index in [1.807, 2.05) is 0 Å². The minimum absolute atomic E-state index is 0.0901. The summed E-state index contributed by atoms with van der Waals surface area (Å²) in [6.45, 7) is 2.81. The average molecular weight is 482 g/mol. The van der Waals surface area contributed by atoms with Crippen LogP contribution in [0.25, 0.3) is 0 Å². The molecule has 5 nitrogen and oxygen atoms in total. The highest BCUT2D eigenvalue weighted by molar-refractivity contribution is 6.31. The maximum Gasteiger partial charge on any atom is 0.237 e. The molecule has 2 aliphatic heterocycles. The summed E-state index contributed by atoms with van der Waals surface area (Å²) >= 11 is 12.2. The van der Waals surface area contributed by atoms with Crippen molar-refractivity contribution in [1.82, 2.24) is 5.32 Å². The molecule has 170 valence electrons. The van der Waals surface area contributed by atoms with Gasteiger partial charge in [-0.25, -0.2) is 4.39 Å². The van der Waals surface area contributed by atoms with Crippen molar-refractivity contribution in [1.29, 1.82) is 0 Å². The van der Waals surface area contributed by atoms with Crippen LogP contribution in [0.5, 0.6) is 0 Å². The summed E-state index contributed by atoms with van der Waals surface area (Å²) in [6.07, 6.45) is 0.196. The van der Waals surface area contributed by atoms with Crippen LogP contribution in [0.4, 0.5) is 14.5 Å². The molecule has 32 heavy (non-hydrogen) atoms. The Morgan fingerprint density at radius 2 is 1.97 bits per heavy atom. The summed E-state index contributed by atoms with van der Waals surface area (Å²) in [7, 11) is 0. The molecule has 2 heterocycles. The Balaban J connectivity index is 2.03. The lowest BCUT2D eigenvalue weighted by Crippen LogP contribution is -2.50. The van der Waals surface area contributed by atoms with Crippen molar-refractivity contribution in [3.63, 3.8) is 0 Å². The summed E-state index contributed by atoms with van der Waals surface area (Å²) in [5.41, 5.74) is 4.58. The molecule has 4 atom stereocenters. The van der Waals surface area contributed by atoms with Crippen LogP contribution in [0.15, 0.2) is 36.4 Å². The molecular weight excluding hydrogens is 459 g/mol. The van der Waals surface area contributed by atoms with Gasteiger partial charge < -0.3 is 16.4 Å². The molecule has 0 saturated carbocycles. The first kappa shape index (κ1) is 23.0. The Morgan fingerprint density at radius 3 is 2.62 bits per heavy atom. The molecule has 0 radical (unpaired) electrons. The number of alkyl halides is 1. The van der Waals surface area contributed by atoms with E-state index in [1.165, 1.54) is 12.1 Å². The predicted molar refractivity (Wildman–Crippen MR) is 120 cm³/mol. The van der Waals surface area contributed by atoms with Crippen molar-refractivity contribution in [3.8, 4) is 0 Å². The summed E-state index contributed by atoms with van der Waals surface area (Å²) < 4.78 is 29.1. The van der Waals surface area contributed by atoms with E-state index < -0.39 is 53.1 Å². The molecule has 9 heteroatoms.